The largest absolute Gasteiger partial charge is 0.403 e. The third-order valence-corrected chi connectivity index (χ3v) is 4.79. The molecule has 28 heavy (non-hydrogen) atoms. The number of halogens is 3. The molecule has 0 radical (unpaired) electrons. The van der Waals surface area contributed by atoms with Crippen LogP contribution in [0.3, 0.4) is 0 Å². The number of benzene rings is 1. The normalized spacial score (nSPS) is 17.4. The van der Waals surface area contributed by atoms with Crippen molar-refractivity contribution in [3.05, 3.63) is 35.9 Å². The molecule has 0 spiro atoms. The molecule has 9 heteroatoms. The zero-order chi connectivity index (χ0) is 20.7. The maximum atomic E-state index is 12.9. The Morgan fingerprint density at radius 3 is 2.32 bits per heavy atom. The summed E-state index contributed by atoms with van der Waals surface area (Å²) in [5.74, 6) is 0.440. The summed E-state index contributed by atoms with van der Waals surface area (Å²) in [5, 5.41) is 3.06. The van der Waals surface area contributed by atoms with Gasteiger partial charge in [0.1, 0.15) is 6.04 Å². The molecule has 1 aliphatic heterocycles. The zero-order valence-electron chi connectivity index (χ0n) is 16.5. The van der Waals surface area contributed by atoms with Gasteiger partial charge >= 0.3 is 6.18 Å². The second kappa shape index (κ2) is 9.77. The summed E-state index contributed by atoms with van der Waals surface area (Å²) in [7, 11) is 3.34. The quantitative estimate of drug-likeness (QED) is 0.606. The Morgan fingerprint density at radius 2 is 1.79 bits per heavy atom. The van der Waals surface area contributed by atoms with Crippen molar-refractivity contribution in [3.63, 3.8) is 0 Å². The molecule has 1 saturated heterocycles. The second-order valence-electron chi connectivity index (χ2n) is 7.01. The van der Waals surface area contributed by atoms with Crippen molar-refractivity contribution >= 4 is 11.9 Å². The van der Waals surface area contributed by atoms with E-state index in [4.69, 9.17) is 0 Å². The maximum Gasteiger partial charge on any atom is 0.403 e. The summed E-state index contributed by atoms with van der Waals surface area (Å²) in [6, 6.07) is 8.20. The van der Waals surface area contributed by atoms with Gasteiger partial charge in [-0.05, 0) is 12.5 Å². The van der Waals surface area contributed by atoms with E-state index in [-0.39, 0.29) is 25.5 Å². The van der Waals surface area contributed by atoms with Gasteiger partial charge in [0.2, 0.25) is 5.91 Å². The van der Waals surface area contributed by atoms with Crippen LogP contribution in [0.2, 0.25) is 0 Å². The van der Waals surface area contributed by atoms with Gasteiger partial charge in [-0.1, -0.05) is 30.3 Å². The standard InChI is InChI=1S/C19H28F3N5O/c1-15(19(20,21)22)26-9-11-27(12-10-26)18(24-14-17(28)25(2)3)23-13-16-7-5-4-6-8-16/h4-8,15H,9-14H2,1-3H3,(H,23,24). The van der Waals surface area contributed by atoms with Gasteiger partial charge in [0.25, 0.3) is 0 Å². The molecule has 1 amide bonds. The van der Waals surface area contributed by atoms with Crippen LogP contribution in [0, 0.1) is 0 Å². The van der Waals surface area contributed by atoms with Crippen LogP contribution >= 0.6 is 0 Å². The van der Waals surface area contributed by atoms with Gasteiger partial charge in [0, 0.05) is 40.3 Å². The Labute approximate surface area is 164 Å². The number of carbonyl (C=O) groups is 1. The summed E-state index contributed by atoms with van der Waals surface area (Å²) in [6.07, 6.45) is -4.23. The highest BCUT2D eigenvalue weighted by Crippen LogP contribution is 2.25. The number of aliphatic imine (C=N–C) groups is 1. The van der Waals surface area contributed by atoms with Crippen LogP contribution in [0.25, 0.3) is 0 Å². The lowest BCUT2D eigenvalue weighted by Gasteiger charge is -2.39. The Bertz CT molecular complexity index is 655. The number of nitrogens with zero attached hydrogens (tertiary/aromatic N) is 4. The lowest BCUT2D eigenvalue weighted by Crippen LogP contribution is -2.57. The molecule has 0 aromatic heterocycles. The number of amides is 1. The van der Waals surface area contributed by atoms with Crippen molar-refractivity contribution < 1.29 is 18.0 Å². The van der Waals surface area contributed by atoms with E-state index in [0.717, 1.165) is 5.56 Å². The lowest BCUT2D eigenvalue weighted by molar-refractivity contribution is -0.181. The van der Waals surface area contributed by atoms with Crippen LogP contribution in [-0.2, 0) is 11.3 Å². The molecule has 1 N–H and O–H groups in total. The molecule has 2 rings (SSSR count). The predicted octanol–water partition coefficient (Wildman–Crippen LogP) is 1.79. The number of hydrogen-bond acceptors (Lipinski definition) is 3. The van der Waals surface area contributed by atoms with E-state index in [1.54, 1.807) is 14.1 Å². The van der Waals surface area contributed by atoms with Gasteiger partial charge in [-0.25, -0.2) is 4.99 Å². The van der Waals surface area contributed by atoms with Gasteiger partial charge in [0.15, 0.2) is 5.96 Å². The van der Waals surface area contributed by atoms with Crippen molar-refractivity contribution in [2.24, 2.45) is 4.99 Å². The van der Waals surface area contributed by atoms with Crippen LogP contribution in [0.15, 0.2) is 35.3 Å². The number of hydrogen-bond donors (Lipinski definition) is 1. The Hall–Kier alpha value is -2.29. The first-order valence-corrected chi connectivity index (χ1v) is 9.26. The number of alkyl halides is 3. The topological polar surface area (TPSA) is 51.2 Å². The van der Waals surface area contributed by atoms with Crippen LogP contribution in [0.5, 0.6) is 0 Å². The molecule has 6 nitrogen and oxygen atoms in total. The van der Waals surface area contributed by atoms with Gasteiger partial charge in [-0.15, -0.1) is 0 Å². The zero-order valence-corrected chi connectivity index (χ0v) is 16.5. The molecule has 0 aliphatic carbocycles. The highest BCUT2D eigenvalue weighted by Gasteiger charge is 2.41. The fourth-order valence-electron chi connectivity index (χ4n) is 2.86. The fourth-order valence-corrected chi connectivity index (χ4v) is 2.86. The van der Waals surface area contributed by atoms with E-state index < -0.39 is 12.2 Å². The average Bonchev–Trinajstić information content (AvgIpc) is 2.67. The number of guanidine groups is 1. The van der Waals surface area contributed by atoms with Gasteiger partial charge < -0.3 is 15.1 Å². The molecule has 1 aromatic rings. The highest BCUT2D eigenvalue weighted by atomic mass is 19.4. The number of piperazine rings is 1. The summed E-state index contributed by atoms with van der Waals surface area (Å²) in [4.78, 5) is 21.3. The van der Waals surface area contributed by atoms with E-state index in [2.05, 4.69) is 10.3 Å². The van der Waals surface area contributed by atoms with E-state index in [9.17, 15) is 18.0 Å². The third-order valence-electron chi connectivity index (χ3n) is 4.79. The SMILES string of the molecule is CC(N1CCN(C(=NCc2ccccc2)NCC(=O)N(C)C)CC1)C(F)(F)F. The number of nitrogens with one attached hydrogen (secondary N) is 1. The van der Waals surface area contributed by atoms with E-state index in [0.29, 0.717) is 25.6 Å². The third kappa shape index (κ3) is 6.40. The van der Waals surface area contributed by atoms with Crippen molar-refractivity contribution in [1.29, 1.82) is 0 Å². The molecule has 0 bridgehead atoms. The number of carbonyl (C=O) groups excluding carboxylic acids is 1. The van der Waals surface area contributed by atoms with Crippen molar-refractivity contribution in [2.45, 2.75) is 25.7 Å². The van der Waals surface area contributed by atoms with E-state index in [1.807, 2.05) is 35.2 Å². The molecule has 1 fully saturated rings. The molecular weight excluding hydrogens is 371 g/mol. The Morgan fingerprint density at radius 1 is 1.18 bits per heavy atom. The highest BCUT2D eigenvalue weighted by molar-refractivity contribution is 5.86. The first kappa shape index (κ1) is 22.0. The Balaban J connectivity index is 2.03. The molecule has 1 atom stereocenters. The minimum atomic E-state index is -4.23. The minimum Gasteiger partial charge on any atom is -0.347 e. The Kier molecular flexibility index (Phi) is 7.68. The smallest absolute Gasteiger partial charge is 0.347 e. The van der Waals surface area contributed by atoms with E-state index in [1.165, 1.54) is 16.7 Å². The van der Waals surface area contributed by atoms with Crippen LogP contribution in [0.4, 0.5) is 13.2 Å². The molecule has 1 heterocycles. The van der Waals surface area contributed by atoms with Gasteiger partial charge in [0.05, 0.1) is 13.1 Å². The first-order valence-electron chi connectivity index (χ1n) is 9.26. The van der Waals surface area contributed by atoms with Gasteiger partial charge in [-0.3, -0.25) is 9.69 Å². The lowest BCUT2D eigenvalue weighted by atomic mass is 10.2. The summed E-state index contributed by atoms with van der Waals surface area (Å²) < 4.78 is 38.8. The minimum absolute atomic E-state index is 0.0831. The van der Waals surface area contributed by atoms with E-state index >= 15 is 0 Å². The monoisotopic (exact) mass is 399 g/mol. The van der Waals surface area contributed by atoms with Crippen molar-refractivity contribution in [2.75, 3.05) is 46.8 Å². The van der Waals surface area contributed by atoms with Gasteiger partial charge in [-0.2, -0.15) is 13.2 Å². The number of rotatable bonds is 5. The summed E-state index contributed by atoms with van der Waals surface area (Å²) in [6.45, 7) is 3.10. The fraction of sp³-hybridized carbons (Fsp3) is 0.579. The molecule has 0 saturated carbocycles. The second-order valence-corrected chi connectivity index (χ2v) is 7.01. The average molecular weight is 399 g/mol. The molecule has 156 valence electrons. The molecule has 1 aromatic carbocycles. The summed E-state index contributed by atoms with van der Waals surface area (Å²) >= 11 is 0. The van der Waals surface area contributed by atoms with Crippen LogP contribution < -0.4 is 5.32 Å². The summed E-state index contributed by atoms with van der Waals surface area (Å²) in [5.41, 5.74) is 1.02. The maximum absolute atomic E-state index is 12.9. The number of likely N-dealkylation sites (N-methyl/N-ethyl adjacent to an activating group) is 1. The molecule has 1 aliphatic rings. The first-order chi connectivity index (χ1) is 13.2. The van der Waals surface area contributed by atoms with Crippen molar-refractivity contribution in [1.82, 2.24) is 20.0 Å². The van der Waals surface area contributed by atoms with Crippen LogP contribution in [-0.4, -0.2) is 85.6 Å². The predicted molar refractivity (Wildman–Crippen MR) is 103 cm³/mol. The molecule has 1 unspecified atom stereocenters. The molecular formula is C19H28F3N5O. The van der Waals surface area contributed by atoms with Crippen molar-refractivity contribution in [3.8, 4) is 0 Å². The van der Waals surface area contributed by atoms with Crippen LogP contribution in [0.1, 0.15) is 12.5 Å².